The number of carbonyl (C=O) groups is 9. The van der Waals surface area contributed by atoms with Crippen molar-refractivity contribution in [2.45, 2.75) is 126 Å². The predicted octanol–water partition coefficient (Wildman–Crippen LogP) is -4.14. The van der Waals surface area contributed by atoms with Crippen LogP contribution in [-0.2, 0) is 62.4 Å². The van der Waals surface area contributed by atoms with E-state index in [1.54, 1.807) is 44.2 Å². The van der Waals surface area contributed by atoms with Gasteiger partial charge in [-0.1, -0.05) is 44.2 Å². The summed E-state index contributed by atoms with van der Waals surface area (Å²) in [6.07, 6.45) is 4.35. The first-order chi connectivity index (χ1) is 35.2. The lowest BCUT2D eigenvalue weighted by Crippen LogP contribution is -2.62. The minimum Gasteiger partial charge on any atom is -0.480 e. The number of aliphatic hydroxyl groups is 2. The number of benzene rings is 1. The van der Waals surface area contributed by atoms with Crippen LogP contribution >= 0.6 is 25.3 Å². The molecule has 0 aliphatic rings. The highest BCUT2D eigenvalue weighted by Crippen LogP contribution is 2.12. The zero-order chi connectivity index (χ0) is 54.9. The number of nitrogens with zero attached hydrogens (tertiary/aromatic N) is 2. The highest BCUT2D eigenvalue weighted by molar-refractivity contribution is 7.80. The van der Waals surface area contributed by atoms with Gasteiger partial charge in [0.15, 0.2) is 0 Å². The van der Waals surface area contributed by atoms with Crippen LogP contribution in [0.15, 0.2) is 55.4 Å². The Bertz CT molecular complexity index is 2280. The van der Waals surface area contributed by atoms with E-state index in [0.717, 1.165) is 0 Å². The predicted molar refractivity (Wildman–Crippen MR) is 275 cm³/mol. The van der Waals surface area contributed by atoms with Crippen LogP contribution in [0.2, 0.25) is 0 Å². The van der Waals surface area contributed by atoms with Gasteiger partial charge < -0.3 is 79.3 Å². The molecule has 0 aliphatic carbocycles. The molecular weight excluding hydrogens is 1000 g/mol. The first-order valence-corrected chi connectivity index (χ1v) is 25.1. The van der Waals surface area contributed by atoms with E-state index < -0.39 is 120 Å². The second kappa shape index (κ2) is 31.9. The fraction of sp³-hybridized carbons (Fsp3) is 0.543. The largest absolute Gasteiger partial charge is 0.480 e. The second-order valence-electron chi connectivity index (χ2n) is 17.8. The van der Waals surface area contributed by atoms with Crippen molar-refractivity contribution in [1.82, 2.24) is 62.5 Å². The average Bonchev–Trinajstić information content (AvgIpc) is 4.09. The SMILES string of the molecule is CC(C)C[C@H](NC(=O)[C@H](CCCCN)NC(=O)[C@H](Cc1ccccc1)NC(=O)[C@H](Cc1cnc[nH]1)NC(=O)[C@H](CO)NC(=O)[C@@H](NC(=O)[C@@H](N)CS)[C@@H](C)O)C(=O)N[C@@H](Cc1cnc[nH]1)C(=O)N[C@@H](CS)C(=O)O. The zero-order valence-corrected chi connectivity index (χ0v) is 43.1. The maximum absolute atomic E-state index is 14.5. The van der Waals surface area contributed by atoms with E-state index >= 15 is 0 Å². The number of aliphatic carboxylic acids is 1. The third-order valence-corrected chi connectivity index (χ3v) is 12.0. The van der Waals surface area contributed by atoms with Gasteiger partial charge in [-0.05, 0) is 50.6 Å². The molecule has 26 nitrogen and oxygen atoms in total. The van der Waals surface area contributed by atoms with Crippen LogP contribution in [-0.4, -0.2) is 174 Å². The van der Waals surface area contributed by atoms with Gasteiger partial charge >= 0.3 is 5.97 Å². The molecule has 28 heteroatoms. The normalized spacial score (nSPS) is 15.3. The molecule has 2 aromatic heterocycles. The van der Waals surface area contributed by atoms with Gasteiger partial charge in [0.25, 0.3) is 0 Å². The standard InChI is InChI=1S/C46H70N14O12S2/c1-24(2)13-31(40(65)56-34(16-28-18-50-23-52-28)43(68)59-36(21-74)46(71)72)54-39(64)30(11-7-8-12-47)53-41(66)32(14-26-9-5-4-6-10-26)55-42(67)33(15-27-17-49-22-51-27)57-44(69)35(19-61)58-45(70)37(25(3)62)60-38(63)29(48)20-73/h4-6,9-10,17-18,22-25,29-37,61-62,73-74H,7-8,11-16,19-21,47-48H2,1-3H3,(H,49,51)(H,50,52)(H,53,66)(H,54,64)(H,55,67)(H,56,65)(H,57,69)(H,58,70)(H,59,68)(H,60,63)(H,71,72)/t25-,29+,30+,31+,32+,33+,34+,35+,36+,37+/m1/s1. The number of carboxylic acids is 1. The molecule has 74 heavy (non-hydrogen) atoms. The Labute approximate surface area is 438 Å². The topological polar surface area (TPSA) is 420 Å². The number of imidazole rings is 2. The van der Waals surface area contributed by atoms with Gasteiger partial charge in [-0.3, -0.25) is 38.4 Å². The van der Waals surface area contributed by atoms with Crippen LogP contribution in [0.4, 0.5) is 0 Å². The summed E-state index contributed by atoms with van der Waals surface area (Å²) in [5.74, 6) is -9.02. The lowest BCUT2D eigenvalue weighted by atomic mass is 10.00. The summed E-state index contributed by atoms with van der Waals surface area (Å²) in [7, 11) is 0. The van der Waals surface area contributed by atoms with E-state index in [1.165, 1.54) is 32.0 Å². The number of hydrogen-bond acceptors (Lipinski definition) is 17. The molecule has 17 N–H and O–H groups in total. The van der Waals surface area contributed by atoms with Gasteiger partial charge in [-0.2, -0.15) is 25.3 Å². The molecule has 10 atom stereocenters. The number of unbranched alkanes of at least 4 members (excludes halogenated alkanes) is 1. The number of thiol groups is 2. The first-order valence-electron chi connectivity index (χ1n) is 23.8. The van der Waals surface area contributed by atoms with Crippen molar-refractivity contribution in [1.29, 1.82) is 0 Å². The van der Waals surface area contributed by atoms with Gasteiger partial charge in [-0.15, -0.1) is 0 Å². The number of hydrogen-bond donors (Lipinski definition) is 17. The Morgan fingerprint density at radius 1 is 0.595 bits per heavy atom. The fourth-order valence-corrected chi connectivity index (χ4v) is 7.61. The van der Waals surface area contributed by atoms with E-state index in [-0.39, 0.29) is 56.1 Å². The number of carbonyl (C=O) groups excluding carboxylic acids is 8. The molecule has 0 radical (unpaired) electrons. The Morgan fingerprint density at radius 3 is 1.50 bits per heavy atom. The summed E-state index contributed by atoms with van der Waals surface area (Å²) < 4.78 is 0. The number of nitrogens with two attached hydrogens (primary N) is 2. The fourth-order valence-electron chi connectivity index (χ4n) is 7.20. The summed E-state index contributed by atoms with van der Waals surface area (Å²) in [6, 6.07) is -4.19. The van der Waals surface area contributed by atoms with Crippen molar-refractivity contribution in [3.8, 4) is 0 Å². The van der Waals surface area contributed by atoms with Crippen LogP contribution in [0.25, 0.3) is 0 Å². The molecule has 3 rings (SSSR count). The molecule has 3 aromatic rings. The van der Waals surface area contributed by atoms with E-state index in [1.807, 2.05) is 0 Å². The number of nitrogens with one attached hydrogen (secondary N) is 10. The maximum atomic E-state index is 14.5. The highest BCUT2D eigenvalue weighted by atomic mass is 32.1. The van der Waals surface area contributed by atoms with E-state index in [4.69, 9.17) is 11.5 Å². The molecule has 0 spiro atoms. The van der Waals surface area contributed by atoms with Gasteiger partial charge in [0.05, 0.1) is 31.4 Å². The van der Waals surface area contributed by atoms with Crippen molar-refractivity contribution < 1.29 is 58.5 Å². The molecular formula is C46H70N14O12S2. The number of carboxylic acid groups (broad SMARTS) is 1. The third-order valence-electron chi connectivity index (χ3n) is 11.3. The molecule has 8 amide bonds. The van der Waals surface area contributed by atoms with E-state index in [2.05, 4.69) is 87.7 Å². The molecule has 0 unspecified atom stereocenters. The molecule has 0 saturated heterocycles. The van der Waals surface area contributed by atoms with E-state index in [9.17, 15) is 58.5 Å². The van der Waals surface area contributed by atoms with Crippen LogP contribution in [0.3, 0.4) is 0 Å². The van der Waals surface area contributed by atoms with Crippen molar-refractivity contribution in [3.05, 3.63) is 72.3 Å². The summed E-state index contributed by atoms with van der Waals surface area (Å²) >= 11 is 7.97. The highest BCUT2D eigenvalue weighted by Gasteiger charge is 2.36. The first kappa shape index (κ1) is 61.7. The number of aliphatic hydroxyl groups excluding tert-OH is 2. The van der Waals surface area contributed by atoms with E-state index in [0.29, 0.717) is 29.8 Å². The summed E-state index contributed by atoms with van der Waals surface area (Å²) in [4.78, 5) is 135. The Balaban J connectivity index is 1.93. The molecule has 0 bridgehead atoms. The molecule has 408 valence electrons. The number of rotatable bonds is 33. The lowest BCUT2D eigenvalue weighted by molar-refractivity contribution is -0.141. The van der Waals surface area contributed by atoms with Gasteiger partial charge in [0, 0.05) is 54.5 Å². The summed E-state index contributed by atoms with van der Waals surface area (Å²) in [6.45, 7) is 4.04. The van der Waals surface area contributed by atoms with Gasteiger partial charge in [-0.25, -0.2) is 14.8 Å². The number of aromatic amines is 2. The Morgan fingerprint density at radius 2 is 1.05 bits per heavy atom. The second-order valence-corrected chi connectivity index (χ2v) is 18.5. The lowest BCUT2D eigenvalue weighted by Gasteiger charge is -2.28. The molecule has 0 aliphatic heterocycles. The zero-order valence-electron chi connectivity index (χ0n) is 41.3. The monoisotopic (exact) mass is 1070 g/mol. The third kappa shape index (κ3) is 20.7. The Kier molecular flexibility index (Phi) is 26.6. The number of amides is 8. The van der Waals surface area contributed by atoms with Gasteiger partial charge in [0.2, 0.25) is 47.3 Å². The minimum atomic E-state index is -1.73. The Hall–Kier alpha value is -6.59. The van der Waals surface area contributed by atoms with Crippen LogP contribution < -0.4 is 54.0 Å². The van der Waals surface area contributed by atoms with Crippen molar-refractivity contribution in [3.63, 3.8) is 0 Å². The average molecular weight is 1080 g/mol. The van der Waals surface area contributed by atoms with Crippen LogP contribution in [0.5, 0.6) is 0 Å². The quantitative estimate of drug-likeness (QED) is 0.0203. The number of H-pyrrole nitrogens is 2. The maximum Gasteiger partial charge on any atom is 0.327 e. The van der Waals surface area contributed by atoms with Crippen molar-refractivity contribution >= 4 is 78.5 Å². The number of aromatic nitrogens is 4. The smallest absolute Gasteiger partial charge is 0.327 e. The molecule has 2 heterocycles. The van der Waals surface area contributed by atoms with Crippen molar-refractivity contribution in [2.24, 2.45) is 17.4 Å². The molecule has 1 aromatic carbocycles. The minimum absolute atomic E-state index is 0.0241. The molecule has 0 fully saturated rings. The summed E-state index contributed by atoms with van der Waals surface area (Å²) in [5.41, 5.74) is 12.8. The molecule has 0 saturated carbocycles. The van der Waals surface area contributed by atoms with Crippen LogP contribution in [0.1, 0.15) is 63.4 Å². The van der Waals surface area contributed by atoms with Crippen LogP contribution in [0, 0.1) is 5.92 Å². The van der Waals surface area contributed by atoms with Crippen molar-refractivity contribution in [2.75, 3.05) is 24.7 Å². The van der Waals surface area contributed by atoms with Gasteiger partial charge in [0.1, 0.15) is 48.3 Å². The summed E-state index contributed by atoms with van der Waals surface area (Å²) in [5, 5.41) is 50.2.